The molecule has 0 saturated heterocycles. The van der Waals surface area contributed by atoms with Gasteiger partial charge >= 0.3 is 0 Å². The van der Waals surface area contributed by atoms with Crippen LogP contribution in [-0.2, 0) is 19.6 Å². The van der Waals surface area contributed by atoms with Gasteiger partial charge in [-0.1, -0.05) is 90.5 Å². The molecular formula is C34H31ClFN3OS2. The van der Waals surface area contributed by atoms with E-state index in [0.717, 1.165) is 39.7 Å². The van der Waals surface area contributed by atoms with Gasteiger partial charge in [0.15, 0.2) is 0 Å². The van der Waals surface area contributed by atoms with Gasteiger partial charge in [0, 0.05) is 53.0 Å². The average Bonchev–Trinajstić information content (AvgIpc) is 3.41. The Morgan fingerprint density at radius 2 is 1.60 bits per heavy atom. The van der Waals surface area contributed by atoms with E-state index in [1.165, 1.54) is 22.3 Å². The molecule has 42 heavy (non-hydrogen) atoms. The van der Waals surface area contributed by atoms with Crippen LogP contribution in [0.3, 0.4) is 0 Å². The summed E-state index contributed by atoms with van der Waals surface area (Å²) in [6.07, 6.45) is 0. The maximum atomic E-state index is 14.6. The number of hydrogen-bond donors (Lipinski definition) is 1. The average molecular weight is 616 g/mol. The predicted molar refractivity (Wildman–Crippen MR) is 173 cm³/mol. The van der Waals surface area contributed by atoms with Crippen LogP contribution in [0.4, 0.5) is 4.39 Å². The summed E-state index contributed by atoms with van der Waals surface area (Å²) < 4.78 is 14.6. The van der Waals surface area contributed by atoms with Crippen LogP contribution in [0, 0.1) is 12.7 Å². The quantitative estimate of drug-likeness (QED) is 0.143. The van der Waals surface area contributed by atoms with Crippen LogP contribution in [0.25, 0.3) is 10.6 Å². The summed E-state index contributed by atoms with van der Waals surface area (Å²) in [4.78, 5) is 21.6. The number of nitrogens with zero attached hydrogens (tertiary/aromatic N) is 2. The lowest BCUT2D eigenvalue weighted by Crippen LogP contribution is -2.26. The van der Waals surface area contributed by atoms with Crippen LogP contribution in [0.5, 0.6) is 0 Å². The van der Waals surface area contributed by atoms with E-state index in [4.69, 9.17) is 11.6 Å². The molecule has 4 aromatic carbocycles. The molecule has 5 rings (SSSR count). The largest absolute Gasteiger partial charge is 0.347 e. The minimum Gasteiger partial charge on any atom is -0.347 e. The Morgan fingerprint density at radius 3 is 2.31 bits per heavy atom. The first kappa shape index (κ1) is 30.0. The number of benzene rings is 4. The zero-order valence-electron chi connectivity index (χ0n) is 23.2. The van der Waals surface area contributed by atoms with Gasteiger partial charge in [0.2, 0.25) is 0 Å². The molecule has 1 heterocycles. The van der Waals surface area contributed by atoms with E-state index < -0.39 is 0 Å². The van der Waals surface area contributed by atoms with Crippen molar-refractivity contribution in [2.75, 3.05) is 12.3 Å². The molecule has 1 aromatic heterocycles. The van der Waals surface area contributed by atoms with Gasteiger partial charge in [0.05, 0.1) is 5.69 Å². The monoisotopic (exact) mass is 615 g/mol. The number of hydrogen-bond acceptors (Lipinski definition) is 5. The third-order valence-electron chi connectivity index (χ3n) is 6.77. The lowest BCUT2D eigenvalue weighted by molar-refractivity contribution is 0.0954. The highest BCUT2D eigenvalue weighted by atomic mass is 35.5. The fourth-order valence-electron chi connectivity index (χ4n) is 4.52. The van der Waals surface area contributed by atoms with Crippen LogP contribution in [0.2, 0.25) is 5.02 Å². The Balaban J connectivity index is 1.20. The van der Waals surface area contributed by atoms with Crippen molar-refractivity contribution in [3.05, 3.63) is 141 Å². The summed E-state index contributed by atoms with van der Waals surface area (Å²) in [5.41, 5.74) is 4.35. The summed E-state index contributed by atoms with van der Waals surface area (Å²) in [6.45, 7) is 4.11. The minimum atomic E-state index is -0.290. The van der Waals surface area contributed by atoms with E-state index in [2.05, 4.69) is 39.5 Å². The SMILES string of the molecule is Cc1nc(-c2ccccc2)sc1C(=O)NCc1ccc(CN(CCSc2ccccc2)Cc2c(F)cccc2Cl)cc1. The summed E-state index contributed by atoms with van der Waals surface area (Å²) >= 11 is 9.55. The fraction of sp³-hybridized carbons (Fsp3) is 0.176. The van der Waals surface area contributed by atoms with Gasteiger partial charge in [-0.15, -0.1) is 23.1 Å². The Morgan fingerprint density at radius 1 is 0.905 bits per heavy atom. The summed E-state index contributed by atoms with van der Waals surface area (Å²) in [6, 6.07) is 33.1. The normalized spacial score (nSPS) is 11.1. The second-order valence-electron chi connectivity index (χ2n) is 9.87. The van der Waals surface area contributed by atoms with Crippen molar-refractivity contribution < 1.29 is 9.18 Å². The van der Waals surface area contributed by atoms with Crippen molar-refractivity contribution in [3.8, 4) is 10.6 Å². The Kier molecular flexibility index (Phi) is 10.4. The van der Waals surface area contributed by atoms with E-state index in [-0.39, 0.29) is 11.7 Å². The maximum absolute atomic E-state index is 14.6. The number of carbonyl (C=O) groups excluding carboxylic acids is 1. The molecule has 0 spiro atoms. The molecule has 0 fully saturated rings. The van der Waals surface area contributed by atoms with E-state index in [1.807, 2.05) is 67.6 Å². The van der Waals surface area contributed by atoms with Crippen molar-refractivity contribution in [2.24, 2.45) is 0 Å². The lowest BCUT2D eigenvalue weighted by atomic mass is 10.1. The number of aryl methyl sites for hydroxylation is 1. The van der Waals surface area contributed by atoms with Crippen molar-refractivity contribution in [1.29, 1.82) is 0 Å². The van der Waals surface area contributed by atoms with Crippen LogP contribution in [0.1, 0.15) is 32.1 Å². The molecular weight excluding hydrogens is 585 g/mol. The van der Waals surface area contributed by atoms with Gasteiger partial charge in [-0.3, -0.25) is 9.69 Å². The Hall–Kier alpha value is -3.49. The molecule has 0 radical (unpaired) electrons. The molecule has 1 N–H and O–H groups in total. The third-order valence-corrected chi connectivity index (χ3v) is 9.32. The standard InChI is InChI=1S/C34H31ClFN3OS2/c1-24-32(42-34(38-24)27-9-4-2-5-10-27)33(40)37-21-25-15-17-26(18-16-25)22-39(19-20-41-28-11-6-3-7-12-28)23-29-30(35)13-8-14-31(29)36/h2-18H,19-23H2,1H3,(H,37,40). The summed E-state index contributed by atoms with van der Waals surface area (Å²) in [7, 11) is 0. The molecule has 4 nitrogen and oxygen atoms in total. The predicted octanol–water partition coefficient (Wildman–Crippen LogP) is 8.64. The first-order valence-electron chi connectivity index (χ1n) is 13.7. The second kappa shape index (κ2) is 14.6. The maximum Gasteiger partial charge on any atom is 0.263 e. The third kappa shape index (κ3) is 8.07. The van der Waals surface area contributed by atoms with Crippen LogP contribution in [0.15, 0.2) is 108 Å². The van der Waals surface area contributed by atoms with Gasteiger partial charge < -0.3 is 5.32 Å². The lowest BCUT2D eigenvalue weighted by Gasteiger charge is -2.23. The number of nitrogens with one attached hydrogen (secondary N) is 1. The smallest absolute Gasteiger partial charge is 0.263 e. The number of carbonyl (C=O) groups is 1. The molecule has 0 unspecified atom stereocenters. The van der Waals surface area contributed by atoms with Gasteiger partial charge in [-0.05, 0) is 42.3 Å². The van der Waals surface area contributed by atoms with Crippen LogP contribution >= 0.6 is 34.7 Å². The van der Waals surface area contributed by atoms with Crippen molar-refractivity contribution in [2.45, 2.75) is 31.5 Å². The van der Waals surface area contributed by atoms with E-state index in [1.54, 1.807) is 23.9 Å². The van der Waals surface area contributed by atoms with E-state index in [9.17, 15) is 9.18 Å². The van der Waals surface area contributed by atoms with Gasteiger partial charge in [-0.25, -0.2) is 9.37 Å². The Bertz CT molecular complexity index is 1590. The number of amides is 1. The summed E-state index contributed by atoms with van der Waals surface area (Å²) in [5.74, 6) is 0.449. The van der Waals surface area contributed by atoms with Gasteiger partial charge in [-0.2, -0.15) is 0 Å². The fourth-order valence-corrected chi connectivity index (χ4v) is 6.67. The van der Waals surface area contributed by atoms with Gasteiger partial charge in [0.1, 0.15) is 15.7 Å². The van der Waals surface area contributed by atoms with Crippen molar-refractivity contribution in [3.63, 3.8) is 0 Å². The van der Waals surface area contributed by atoms with Gasteiger partial charge in [0.25, 0.3) is 5.91 Å². The molecule has 0 saturated carbocycles. The second-order valence-corrected chi connectivity index (χ2v) is 12.4. The van der Waals surface area contributed by atoms with Crippen LogP contribution in [-0.4, -0.2) is 28.1 Å². The molecule has 5 aromatic rings. The molecule has 0 aliphatic rings. The summed E-state index contributed by atoms with van der Waals surface area (Å²) in [5, 5.41) is 4.31. The highest BCUT2D eigenvalue weighted by Gasteiger charge is 2.17. The van der Waals surface area contributed by atoms with Crippen molar-refractivity contribution >= 4 is 40.6 Å². The molecule has 0 aliphatic heterocycles. The molecule has 0 aliphatic carbocycles. The molecule has 1 amide bonds. The topological polar surface area (TPSA) is 45.2 Å². The van der Waals surface area contributed by atoms with E-state index >= 15 is 0 Å². The zero-order chi connectivity index (χ0) is 29.3. The molecule has 0 bridgehead atoms. The Labute approximate surface area is 259 Å². The number of thiazole rings is 1. The highest BCUT2D eigenvalue weighted by Crippen LogP contribution is 2.28. The molecule has 0 atom stereocenters. The highest BCUT2D eigenvalue weighted by molar-refractivity contribution is 7.99. The zero-order valence-corrected chi connectivity index (χ0v) is 25.6. The van der Waals surface area contributed by atoms with Crippen LogP contribution < -0.4 is 5.32 Å². The van der Waals surface area contributed by atoms with Crippen molar-refractivity contribution in [1.82, 2.24) is 15.2 Å². The first-order valence-corrected chi connectivity index (χ1v) is 15.9. The number of thioether (sulfide) groups is 1. The number of rotatable bonds is 12. The molecule has 214 valence electrons. The van der Waals surface area contributed by atoms with E-state index in [0.29, 0.717) is 35.1 Å². The number of aromatic nitrogens is 1. The minimum absolute atomic E-state index is 0.125. The first-order chi connectivity index (χ1) is 20.5. The molecule has 8 heteroatoms. The number of halogens is 2.